The standard InChI is InChI=1S/C29H18N2/c1-3-8-18(9-4-1)23-16-21-15-14-20-12-7-13-22-24(20)26(21)27(29-28(22)30-17-31-29)25(23)19-10-5-2-6-11-19/h1-17H,(H,30,31). The molecular weight excluding hydrogens is 376 g/mol. The highest BCUT2D eigenvalue weighted by molar-refractivity contribution is 6.36. The predicted molar refractivity (Wildman–Crippen MR) is 131 cm³/mol. The molecule has 0 saturated carbocycles. The highest BCUT2D eigenvalue weighted by Gasteiger charge is 2.21. The van der Waals surface area contributed by atoms with Gasteiger partial charge in [0.1, 0.15) is 0 Å². The Morgan fingerprint density at radius 1 is 0.581 bits per heavy atom. The number of aromatic amines is 1. The van der Waals surface area contributed by atoms with Gasteiger partial charge in [-0.15, -0.1) is 0 Å². The second-order valence-corrected chi connectivity index (χ2v) is 8.10. The third kappa shape index (κ3) is 2.25. The lowest BCUT2D eigenvalue weighted by Gasteiger charge is -2.19. The van der Waals surface area contributed by atoms with Crippen LogP contribution in [0.15, 0.2) is 103 Å². The number of nitrogens with one attached hydrogen (secondary N) is 1. The second kappa shape index (κ2) is 6.16. The molecule has 1 aromatic heterocycles. The Labute approximate surface area is 179 Å². The quantitative estimate of drug-likeness (QED) is 0.298. The van der Waals surface area contributed by atoms with E-state index < -0.39 is 0 Å². The fourth-order valence-corrected chi connectivity index (χ4v) is 5.16. The first-order valence-corrected chi connectivity index (χ1v) is 10.6. The van der Waals surface area contributed by atoms with Crippen molar-refractivity contribution in [3.05, 3.63) is 103 Å². The summed E-state index contributed by atoms with van der Waals surface area (Å²) in [5.74, 6) is 0. The summed E-state index contributed by atoms with van der Waals surface area (Å²) in [6.45, 7) is 0. The van der Waals surface area contributed by atoms with E-state index in [-0.39, 0.29) is 0 Å². The van der Waals surface area contributed by atoms with Crippen molar-refractivity contribution < 1.29 is 0 Å². The lowest BCUT2D eigenvalue weighted by molar-refractivity contribution is 1.35. The van der Waals surface area contributed by atoms with Crippen molar-refractivity contribution in [2.45, 2.75) is 0 Å². The lowest BCUT2D eigenvalue weighted by Crippen LogP contribution is -1.93. The van der Waals surface area contributed by atoms with Crippen LogP contribution in [0.1, 0.15) is 0 Å². The van der Waals surface area contributed by atoms with Gasteiger partial charge in [0.25, 0.3) is 0 Å². The molecule has 1 heterocycles. The fraction of sp³-hybridized carbons (Fsp3) is 0. The number of H-pyrrole nitrogens is 1. The predicted octanol–water partition coefficient (Wildman–Crippen LogP) is 7.79. The number of hydrogen-bond acceptors (Lipinski definition) is 1. The molecule has 2 heteroatoms. The number of benzene rings is 6. The average molecular weight is 394 g/mol. The van der Waals surface area contributed by atoms with Gasteiger partial charge in [-0.1, -0.05) is 91.0 Å². The first-order valence-electron chi connectivity index (χ1n) is 10.6. The molecule has 0 aliphatic carbocycles. The molecule has 0 fully saturated rings. The fourth-order valence-electron chi connectivity index (χ4n) is 5.16. The maximum atomic E-state index is 4.75. The Hall–Kier alpha value is -4.17. The normalized spacial score (nSPS) is 11.9. The molecule has 0 aliphatic rings. The van der Waals surface area contributed by atoms with Crippen molar-refractivity contribution >= 4 is 43.4 Å². The highest BCUT2D eigenvalue weighted by Crippen LogP contribution is 2.47. The maximum Gasteiger partial charge on any atom is 0.0967 e. The first kappa shape index (κ1) is 16.6. The number of aromatic nitrogens is 2. The van der Waals surface area contributed by atoms with E-state index in [1.165, 1.54) is 54.6 Å². The Bertz CT molecular complexity index is 1710. The number of hydrogen-bond donors (Lipinski definition) is 1. The summed E-state index contributed by atoms with van der Waals surface area (Å²) in [5.41, 5.74) is 7.08. The first-order chi connectivity index (χ1) is 15.4. The van der Waals surface area contributed by atoms with E-state index in [0.29, 0.717) is 0 Å². The van der Waals surface area contributed by atoms with E-state index in [1.54, 1.807) is 0 Å². The van der Waals surface area contributed by atoms with Gasteiger partial charge in [-0.25, -0.2) is 4.98 Å². The minimum atomic E-state index is 1.04. The summed E-state index contributed by atoms with van der Waals surface area (Å²) in [4.78, 5) is 8.23. The molecule has 0 saturated heterocycles. The monoisotopic (exact) mass is 394 g/mol. The van der Waals surface area contributed by atoms with E-state index in [4.69, 9.17) is 4.98 Å². The van der Waals surface area contributed by atoms with Crippen LogP contribution in [0.25, 0.3) is 65.6 Å². The van der Waals surface area contributed by atoms with E-state index in [9.17, 15) is 0 Å². The van der Waals surface area contributed by atoms with Gasteiger partial charge in [0, 0.05) is 16.2 Å². The number of imidazole rings is 1. The van der Waals surface area contributed by atoms with Gasteiger partial charge in [-0.05, 0) is 44.5 Å². The maximum absolute atomic E-state index is 4.75. The Morgan fingerprint density at radius 3 is 2.13 bits per heavy atom. The van der Waals surface area contributed by atoms with Crippen molar-refractivity contribution in [2.24, 2.45) is 0 Å². The van der Waals surface area contributed by atoms with Crippen LogP contribution >= 0.6 is 0 Å². The summed E-state index contributed by atoms with van der Waals surface area (Å²) < 4.78 is 0. The molecule has 7 rings (SSSR count). The topological polar surface area (TPSA) is 28.7 Å². The zero-order chi connectivity index (χ0) is 20.4. The summed E-state index contributed by atoms with van der Waals surface area (Å²) in [7, 11) is 0. The smallest absolute Gasteiger partial charge is 0.0967 e. The molecule has 6 aromatic carbocycles. The van der Waals surface area contributed by atoms with Crippen LogP contribution in [-0.2, 0) is 0 Å². The largest absolute Gasteiger partial charge is 0.344 e. The zero-order valence-electron chi connectivity index (χ0n) is 16.8. The third-order valence-corrected chi connectivity index (χ3v) is 6.44. The van der Waals surface area contributed by atoms with Crippen LogP contribution in [0, 0.1) is 0 Å². The van der Waals surface area contributed by atoms with Gasteiger partial charge in [0.05, 0.1) is 17.4 Å². The van der Waals surface area contributed by atoms with E-state index in [2.05, 4.69) is 102 Å². The van der Waals surface area contributed by atoms with Crippen LogP contribution in [0.3, 0.4) is 0 Å². The Kier molecular flexibility index (Phi) is 3.30. The molecule has 0 amide bonds. The van der Waals surface area contributed by atoms with Gasteiger partial charge >= 0.3 is 0 Å². The highest BCUT2D eigenvalue weighted by atomic mass is 14.9. The summed E-state index contributed by atoms with van der Waals surface area (Å²) in [6, 6.07) is 34.8. The average Bonchev–Trinajstić information content (AvgIpc) is 3.34. The van der Waals surface area contributed by atoms with Gasteiger partial charge in [-0.3, -0.25) is 0 Å². The molecule has 1 N–H and O–H groups in total. The van der Waals surface area contributed by atoms with Gasteiger partial charge in [0.2, 0.25) is 0 Å². The summed E-state index contributed by atoms with van der Waals surface area (Å²) in [5, 5.41) is 7.58. The molecule has 0 atom stereocenters. The van der Waals surface area contributed by atoms with Crippen LogP contribution in [-0.4, -0.2) is 9.97 Å². The molecule has 0 unspecified atom stereocenters. The lowest BCUT2D eigenvalue weighted by atomic mass is 9.84. The summed E-state index contributed by atoms with van der Waals surface area (Å²) in [6.07, 6.45) is 1.82. The number of fused-ring (bicyclic) bond motifs is 3. The zero-order valence-corrected chi connectivity index (χ0v) is 16.8. The van der Waals surface area contributed by atoms with E-state index in [0.717, 1.165) is 11.0 Å². The van der Waals surface area contributed by atoms with E-state index in [1.807, 2.05) is 6.33 Å². The SMILES string of the molecule is c1ccc(-c2cc3ccc4cccc5c6nc[nH]c6c(c2-c2ccccc2)c3c45)cc1. The molecule has 0 spiro atoms. The van der Waals surface area contributed by atoms with E-state index >= 15 is 0 Å². The molecule has 0 bridgehead atoms. The minimum Gasteiger partial charge on any atom is -0.344 e. The van der Waals surface area contributed by atoms with Crippen molar-refractivity contribution in [3.8, 4) is 22.3 Å². The molecule has 7 aromatic rings. The van der Waals surface area contributed by atoms with Crippen molar-refractivity contribution in [1.82, 2.24) is 9.97 Å². The molecule has 0 aliphatic heterocycles. The minimum absolute atomic E-state index is 1.04. The molecule has 0 radical (unpaired) electrons. The van der Waals surface area contributed by atoms with Crippen LogP contribution in [0.5, 0.6) is 0 Å². The van der Waals surface area contributed by atoms with Gasteiger partial charge in [-0.2, -0.15) is 0 Å². The number of rotatable bonds is 2. The third-order valence-electron chi connectivity index (χ3n) is 6.44. The Morgan fingerprint density at radius 2 is 1.32 bits per heavy atom. The second-order valence-electron chi connectivity index (χ2n) is 8.10. The molecule has 2 nitrogen and oxygen atoms in total. The molecule has 144 valence electrons. The van der Waals surface area contributed by atoms with Crippen molar-refractivity contribution in [3.63, 3.8) is 0 Å². The van der Waals surface area contributed by atoms with Crippen LogP contribution < -0.4 is 0 Å². The van der Waals surface area contributed by atoms with Crippen LogP contribution in [0.2, 0.25) is 0 Å². The van der Waals surface area contributed by atoms with Gasteiger partial charge in [0.15, 0.2) is 0 Å². The Balaban J connectivity index is 1.82. The van der Waals surface area contributed by atoms with Crippen molar-refractivity contribution in [1.29, 1.82) is 0 Å². The molecule has 31 heavy (non-hydrogen) atoms. The summed E-state index contributed by atoms with van der Waals surface area (Å²) >= 11 is 0. The van der Waals surface area contributed by atoms with Crippen molar-refractivity contribution in [2.75, 3.05) is 0 Å². The number of nitrogens with zero attached hydrogens (tertiary/aromatic N) is 1. The van der Waals surface area contributed by atoms with Crippen LogP contribution in [0.4, 0.5) is 0 Å². The molecular formula is C29H18N2. The van der Waals surface area contributed by atoms with Gasteiger partial charge < -0.3 is 4.98 Å².